The molecule has 0 fully saturated rings. The molecule has 0 saturated carbocycles. The lowest BCUT2D eigenvalue weighted by molar-refractivity contribution is -0.116. The number of fused-ring (bicyclic) bond motifs is 1. The average molecular weight is 487 g/mol. The summed E-state index contributed by atoms with van der Waals surface area (Å²) in [5.41, 5.74) is 2.35. The number of anilines is 1. The standard InChI is InChI=1S/C26H19F2N5O3/c1-14-3-6-16(7-4-14)24-31-26(36-32-24)21-12-33(25-20(23(21)35)8-5-15(2)29-25)13-22(34)30-19-10-17(27)9-18(28)11-19/h3-12H,13H2,1-2H3,(H,30,34). The summed E-state index contributed by atoms with van der Waals surface area (Å²) in [6, 6.07) is 13.5. The highest BCUT2D eigenvalue weighted by Crippen LogP contribution is 2.23. The second-order valence-corrected chi connectivity index (χ2v) is 8.32. The van der Waals surface area contributed by atoms with E-state index in [1.165, 1.54) is 10.8 Å². The Morgan fingerprint density at radius 1 is 1.00 bits per heavy atom. The zero-order chi connectivity index (χ0) is 25.4. The van der Waals surface area contributed by atoms with E-state index < -0.39 is 17.5 Å². The Hall–Kier alpha value is -4.73. The van der Waals surface area contributed by atoms with Gasteiger partial charge in [-0.15, -0.1) is 0 Å². The number of pyridine rings is 2. The number of carbonyl (C=O) groups is 1. The lowest BCUT2D eigenvalue weighted by atomic mass is 10.1. The van der Waals surface area contributed by atoms with E-state index in [2.05, 4.69) is 20.4 Å². The molecule has 0 atom stereocenters. The number of aromatic nitrogens is 4. The maximum atomic E-state index is 13.5. The second kappa shape index (κ2) is 9.14. The molecule has 0 radical (unpaired) electrons. The van der Waals surface area contributed by atoms with Crippen molar-refractivity contribution in [3.8, 4) is 22.8 Å². The SMILES string of the molecule is Cc1ccc(-c2noc(-c3cn(CC(=O)Nc4cc(F)cc(F)c4)c4nc(C)ccc4c3=O)n2)cc1. The third kappa shape index (κ3) is 4.61. The number of benzene rings is 2. The minimum Gasteiger partial charge on any atom is -0.333 e. The van der Waals surface area contributed by atoms with Crippen molar-refractivity contribution in [1.29, 1.82) is 0 Å². The summed E-state index contributed by atoms with van der Waals surface area (Å²) < 4.78 is 33.9. The first-order valence-electron chi connectivity index (χ1n) is 10.9. The highest BCUT2D eigenvalue weighted by molar-refractivity contribution is 5.91. The normalized spacial score (nSPS) is 11.1. The number of nitrogens with one attached hydrogen (secondary N) is 1. The van der Waals surface area contributed by atoms with Crippen LogP contribution in [0.15, 0.2) is 70.1 Å². The van der Waals surface area contributed by atoms with E-state index in [1.54, 1.807) is 19.1 Å². The first-order valence-corrected chi connectivity index (χ1v) is 10.9. The van der Waals surface area contributed by atoms with Crippen molar-refractivity contribution >= 4 is 22.6 Å². The van der Waals surface area contributed by atoms with Crippen LogP contribution >= 0.6 is 0 Å². The Morgan fingerprint density at radius 2 is 1.72 bits per heavy atom. The molecule has 8 nitrogen and oxygen atoms in total. The lowest BCUT2D eigenvalue weighted by Gasteiger charge is -2.12. The van der Waals surface area contributed by atoms with Crippen molar-refractivity contribution in [2.24, 2.45) is 0 Å². The Labute approximate surface area is 203 Å². The van der Waals surface area contributed by atoms with Gasteiger partial charge in [-0.3, -0.25) is 9.59 Å². The van der Waals surface area contributed by atoms with E-state index >= 15 is 0 Å². The summed E-state index contributed by atoms with van der Waals surface area (Å²) >= 11 is 0. The maximum absolute atomic E-state index is 13.5. The van der Waals surface area contributed by atoms with Gasteiger partial charge in [0.25, 0.3) is 5.89 Å². The number of rotatable bonds is 5. The van der Waals surface area contributed by atoms with Gasteiger partial charge in [0, 0.05) is 29.2 Å². The zero-order valence-corrected chi connectivity index (χ0v) is 19.3. The molecule has 180 valence electrons. The van der Waals surface area contributed by atoms with Crippen LogP contribution in [-0.4, -0.2) is 25.6 Å². The Morgan fingerprint density at radius 3 is 2.44 bits per heavy atom. The van der Waals surface area contributed by atoms with Crippen LogP contribution in [0, 0.1) is 25.5 Å². The van der Waals surface area contributed by atoms with Gasteiger partial charge < -0.3 is 14.4 Å². The van der Waals surface area contributed by atoms with E-state index in [1.807, 2.05) is 31.2 Å². The number of hydrogen-bond acceptors (Lipinski definition) is 6. The molecule has 0 bridgehead atoms. The molecule has 0 spiro atoms. The van der Waals surface area contributed by atoms with Gasteiger partial charge in [0.1, 0.15) is 29.4 Å². The molecule has 0 unspecified atom stereocenters. The zero-order valence-electron chi connectivity index (χ0n) is 19.3. The van der Waals surface area contributed by atoms with Gasteiger partial charge in [-0.25, -0.2) is 13.8 Å². The number of halogens is 2. The highest BCUT2D eigenvalue weighted by atomic mass is 19.1. The predicted molar refractivity (Wildman–Crippen MR) is 129 cm³/mol. The molecule has 1 N–H and O–H groups in total. The van der Waals surface area contributed by atoms with Crippen molar-refractivity contribution in [3.05, 3.63) is 93.9 Å². The van der Waals surface area contributed by atoms with Crippen molar-refractivity contribution in [3.63, 3.8) is 0 Å². The fourth-order valence-corrected chi connectivity index (χ4v) is 3.77. The fraction of sp³-hybridized carbons (Fsp3) is 0.115. The molecule has 5 rings (SSSR count). The highest BCUT2D eigenvalue weighted by Gasteiger charge is 2.19. The first kappa shape index (κ1) is 23.0. The topological polar surface area (TPSA) is 103 Å². The number of amides is 1. The summed E-state index contributed by atoms with van der Waals surface area (Å²) in [7, 11) is 0. The summed E-state index contributed by atoms with van der Waals surface area (Å²) in [6.45, 7) is 3.42. The third-order valence-corrected chi connectivity index (χ3v) is 5.49. The molecule has 5 aromatic rings. The maximum Gasteiger partial charge on any atom is 0.263 e. The Bertz CT molecular complexity index is 1660. The number of aryl methyl sites for hydroxylation is 2. The quantitative estimate of drug-likeness (QED) is 0.387. The van der Waals surface area contributed by atoms with E-state index in [0.717, 1.165) is 23.3 Å². The molecule has 0 aliphatic rings. The minimum atomic E-state index is -0.820. The summed E-state index contributed by atoms with van der Waals surface area (Å²) in [5, 5.41) is 6.70. The molecule has 3 heterocycles. The Balaban J connectivity index is 1.54. The minimum absolute atomic E-state index is 0.0144. The van der Waals surface area contributed by atoms with E-state index in [0.29, 0.717) is 17.6 Å². The average Bonchev–Trinajstić information content (AvgIpc) is 3.30. The van der Waals surface area contributed by atoms with E-state index in [9.17, 15) is 18.4 Å². The Kier molecular flexibility index (Phi) is 5.85. The fourth-order valence-electron chi connectivity index (χ4n) is 3.77. The lowest BCUT2D eigenvalue weighted by Crippen LogP contribution is -2.22. The molecule has 1 amide bonds. The second-order valence-electron chi connectivity index (χ2n) is 8.32. The van der Waals surface area contributed by atoms with Crippen molar-refractivity contribution in [2.45, 2.75) is 20.4 Å². The van der Waals surface area contributed by atoms with Gasteiger partial charge in [0.2, 0.25) is 17.2 Å². The van der Waals surface area contributed by atoms with Crippen LogP contribution in [0.2, 0.25) is 0 Å². The van der Waals surface area contributed by atoms with E-state index in [-0.39, 0.29) is 40.1 Å². The van der Waals surface area contributed by atoms with Crippen molar-refractivity contribution in [1.82, 2.24) is 19.7 Å². The number of carbonyl (C=O) groups excluding carboxylic acids is 1. The van der Waals surface area contributed by atoms with Crippen LogP contribution in [0.4, 0.5) is 14.5 Å². The summed E-state index contributed by atoms with van der Waals surface area (Å²) in [5.74, 6) is -1.92. The first-order chi connectivity index (χ1) is 17.3. The van der Waals surface area contributed by atoms with Crippen LogP contribution < -0.4 is 10.7 Å². The predicted octanol–water partition coefficient (Wildman–Crippen LogP) is 4.65. The van der Waals surface area contributed by atoms with Gasteiger partial charge in [-0.05, 0) is 38.1 Å². The van der Waals surface area contributed by atoms with Crippen LogP contribution in [0.5, 0.6) is 0 Å². The van der Waals surface area contributed by atoms with E-state index in [4.69, 9.17) is 4.52 Å². The van der Waals surface area contributed by atoms with Gasteiger partial charge in [-0.2, -0.15) is 4.98 Å². The monoisotopic (exact) mass is 487 g/mol. The molecule has 2 aromatic carbocycles. The molecular weight excluding hydrogens is 468 g/mol. The largest absolute Gasteiger partial charge is 0.333 e. The summed E-state index contributed by atoms with van der Waals surface area (Å²) in [4.78, 5) is 34.8. The number of hydrogen-bond donors (Lipinski definition) is 1. The smallest absolute Gasteiger partial charge is 0.263 e. The van der Waals surface area contributed by atoms with Crippen LogP contribution in [0.3, 0.4) is 0 Å². The molecule has 36 heavy (non-hydrogen) atoms. The molecular formula is C26H19F2N5O3. The molecule has 3 aromatic heterocycles. The third-order valence-electron chi connectivity index (χ3n) is 5.49. The molecule has 0 saturated heterocycles. The van der Waals surface area contributed by atoms with Crippen molar-refractivity contribution < 1.29 is 18.1 Å². The van der Waals surface area contributed by atoms with Gasteiger partial charge >= 0.3 is 0 Å². The number of nitrogens with zero attached hydrogens (tertiary/aromatic N) is 4. The van der Waals surface area contributed by atoms with Gasteiger partial charge in [-0.1, -0.05) is 35.0 Å². The van der Waals surface area contributed by atoms with Crippen LogP contribution in [-0.2, 0) is 11.3 Å². The molecule has 0 aliphatic carbocycles. The van der Waals surface area contributed by atoms with Crippen molar-refractivity contribution in [2.75, 3.05) is 5.32 Å². The van der Waals surface area contributed by atoms with Gasteiger partial charge in [0.15, 0.2) is 0 Å². The molecule has 10 heteroatoms. The van der Waals surface area contributed by atoms with Crippen LogP contribution in [0.25, 0.3) is 33.9 Å². The molecule has 0 aliphatic heterocycles. The summed E-state index contributed by atoms with van der Waals surface area (Å²) in [6.07, 6.45) is 1.41. The van der Waals surface area contributed by atoms with Gasteiger partial charge in [0.05, 0.1) is 5.39 Å². The van der Waals surface area contributed by atoms with Crippen LogP contribution in [0.1, 0.15) is 11.3 Å².